The average Bonchev–Trinajstić information content (AvgIpc) is 3.11. The number of aryl methyl sites for hydroxylation is 1. The van der Waals surface area contributed by atoms with Gasteiger partial charge in [-0.25, -0.2) is 9.37 Å². The molecule has 0 aliphatic heterocycles. The summed E-state index contributed by atoms with van der Waals surface area (Å²) >= 11 is 2.97. The van der Waals surface area contributed by atoms with E-state index in [0.29, 0.717) is 6.54 Å². The maximum Gasteiger partial charge on any atom is 0.239 e. The maximum absolute atomic E-state index is 13.1. The Morgan fingerprint density at radius 3 is 2.57 bits per heavy atom. The first-order valence-electron chi connectivity index (χ1n) is 9.20. The summed E-state index contributed by atoms with van der Waals surface area (Å²) in [5, 5.41) is 0.738. The Labute approximate surface area is 173 Å². The summed E-state index contributed by atoms with van der Waals surface area (Å²) in [5.74, 6) is 0.0214. The summed E-state index contributed by atoms with van der Waals surface area (Å²) in [7, 11) is 3.98. The van der Waals surface area contributed by atoms with Crippen molar-refractivity contribution in [3.8, 4) is 0 Å². The first-order valence-corrected chi connectivity index (χ1v) is 11.0. The van der Waals surface area contributed by atoms with Crippen molar-refractivity contribution in [1.29, 1.82) is 0 Å². The molecule has 0 bridgehead atoms. The smallest absolute Gasteiger partial charge is 0.239 e. The topological polar surface area (TPSA) is 36.4 Å². The van der Waals surface area contributed by atoms with Gasteiger partial charge in [0.05, 0.1) is 16.0 Å². The molecule has 7 heteroatoms. The molecule has 4 nitrogen and oxygen atoms in total. The average molecular weight is 418 g/mol. The zero-order valence-corrected chi connectivity index (χ0v) is 17.9. The summed E-state index contributed by atoms with van der Waals surface area (Å²) < 4.78 is 14.2. The third kappa shape index (κ3) is 5.10. The van der Waals surface area contributed by atoms with Crippen molar-refractivity contribution in [2.75, 3.05) is 37.8 Å². The Balaban J connectivity index is 1.81. The molecule has 0 N–H and O–H groups in total. The van der Waals surface area contributed by atoms with Crippen molar-refractivity contribution in [2.24, 2.45) is 0 Å². The normalized spacial score (nSPS) is 11.3. The van der Waals surface area contributed by atoms with Gasteiger partial charge in [0.15, 0.2) is 5.13 Å². The van der Waals surface area contributed by atoms with E-state index in [4.69, 9.17) is 4.98 Å². The van der Waals surface area contributed by atoms with Gasteiger partial charge >= 0.3 is 0 Å². The highest BCUT2D eigenvalue weighted by molar-refractivity contribution is 8.00. The Hall–Kier alpha value is -1.96. The molecule has 0 fully saturated rings. The Morgan fingerprint density at radius 2 is 1.89 bits per heavy atom. The van der Waals surface area contributed by atoms with Crippen LogP contribution in [0.25, 0.3) is 10.2 Å². The molecule has 0 spiro atoms. The fourth-order valence-electron chi connectivity index (χ4n) is 2.78. The summed E-state index contributed by atoms with van der Waals surface area (Å²) in [6.07, 6.45) is 0.909. The number of aromatic nitrogens is 1. The van der Waals surface area contributed by atoms with E-state index in [0.717, 1.165) is 33.2 Å². The van der Waals surface area contributed by atoms with E-state index >= 15 is 0 Å². The molecular weight excluding hydrogens is 393 g/mol. The lowest BCUT2D eigenvalue weighted by Crippen LogP contribution is -2.37. The molecule has 1 heterocycles. The van der Waals surface area contributed by atoms with Gasteiger partial charge in [0.2, 0.25) is 5.91 Å². The zero-order valence-electron chi connectivity index (χ0n) is 16.3. The number of benzene rings is 2. The number of rotatable bonds is 8. The highest BCUT2D eigenvalue weighted by Gasteiger charge is 2.20. The van der Waals surface area contributed by atoms with E-state index < -0.39 is 0 Å². The lowest BCUT2D eigenvalue weighted by molar-refractivity contribution is -0.116. The van der Waals surface area contributed by atoms with Crippen LogP contribution < -0.4 is 4.90 Å². The van der Waals surface area contributed by atoms with Crippen LogP contribution in [0.3, 0.4) is 0 Å². The quantitative estimate of drug-likeness (QED) is 0.499. The molecule has 0 atom stereocenters. The number of carbonyl (C=O) groups excluding carboxylic acids is 1. The van der Waals surface area contributed by atoms with Crippen LogP contribution in [-0.4, -0.2) is 48.7 Å². The van der Waals surface area contributed by atoms with Crippen molar-refractivity contribution >= 4 is 44.4 Å². The Kier molecular flexibility index (Phi) is 7.04. The number of likely N-dealkylation sites (N-methyl/N-ethyl adjacent to an activating group) is 1. The second-order valence-electron chi connectivity index (χ2n) is 6.71. The second kappa shape index (κ2) is 9.49. The summed E-state index contributed by atoms with van der Waals surface area (Å²) in [6, 6.07) is 12.4. The van der Waals surface area contributed by atoms with Crippen molar-refractivity contribution in [1.82, 2.24) is 9.88 Å². The molecule has 28 heavy (non-hydrogen) atoms. The van der Waals surface area contributed by atoms with Gasteiger partial charge in [-0.2, -0.15) is 0 Å². The number of anilines is 1. The zero-order chi connectivity index (χ0) is 20.1. The number of fused-ring (bicyclic) bond motifs is 1. The van der Waals surface area contributed by atoms with Crippen LogP contribution in [0.4, 0.5) is 9.52 Å². The summed E-state index contributed by atoms with van der Waals surface area (Å²) in [4.78, 5) is 22.5. The lowest BCUT2D eigenvalue weighted by atomic mass is 10.1. The highest BCUT2D eigenvalue weighted by Crippen LogP contribution is 2.31. The van der Waals surface area contributed by atoms with Crippen molar-refractivity contribution < 1.29 is 9.18 Å². The molecule has 0 radical (unpaired) electrons. The van der Waals surface area contributed by atoms with Gasteiger partial charge in [-0.1, -0.05) is 30.4 Å². The number of hydrogen-bond acceptors (Lipinski definition) is 5. The number of amides is 1. The number of thioether (sulfide) groups is 1. The molecule has 0 aliphatic carbocycles. The number of hydrogen-bond donors (Lipinski definition) is 0. The van der Waals surface area contributed by atoms with Gasteiger partial charge in [0.1, 0.15) is 5.82 Å². The molecule has 3 aromatic rings. The second-order valence-corrected chi connectivity index (χ2v) is 8.76. The van der Waals surface area contributed by atoms with Crippen molar-refractivity contribution in [3.63, 3.8) is 0 Å². The first kappa shape index (κ1) is 20.8. The van der Waals surface area contributed by atoms with E-state index in [1.165, 1.54) is 29.5 Å². The van der Waals surface area contributed by atoms with Crippen molar-refractivity contribution in [3.05, 3.63) is 53.8 Å². The largest absolute Gasteiger partial charge is 0.308 e. The number of carbonyl (C=O) groups is 1. The minimum absolute atomic E-state index is 0.00767. The monoisotopic (exact) mass is 417 g/mol. The van der Waals surface area contributed by atoms with Crippen LogP contribution in [0.15, 0.2) is 47.4 Å². The van der Waals surface area contributed by atoms with E-state index in [9.17, 15) is 9.18 Å². The number of para-hydroxylation sites is 1. The van der Waals surface area contributed by atoms with Crippen LogP contribution in [0.1, 0.15) is 12.5 Å². The van der Waals surface area contributed by atoms with Gasteiger partial charge in [-0.3, -0.25) is 9.69 Å². The van der Waals surface area contributed by atoms with Crippen LogP contribution in [0.5, 0.6) is 0 Å². The minimum atomic E-state index is -0.274. The summed E-state index contributed by atoms with van der Waals surface area (Å²) in [6.45, 7) is 3.45. The van der Waals surface area contributed by atoms with Crippen LogP contribution in [0.2, 0.25) is 0 Å². The molecule has 0 aliphatic rings. The minimum Gasteiger partial charge on any atom is -0.308 e. The van der Waals surface area contributed by atoms with Crippen LogP contribution in [0, 0.1) is 5.82 Å². The number of halogens is 1. The SMILES string of the molecule is CCc1cccc2sc(N(CCN(C)C)C(=O)CSc3ccc(F)cc3)nc12. The van der Waals surface area contributed by atoms with Gasteiger partial charge in [-0.15, -0.1) is 11.8 Å². The van der Waals surface area contributed by atoms with E-state index in [2.05, 4.69) is 24.0 Å². The van der Waals surface area contributed by atoms with Gasteiger partial charge < -0.3 is 4.90 Å². The number of thiazole rings is 1. The van der Waals surface area contributed by atoms with E-state index in [1.54, 1.807) is 28.4 Å². The van der Waals surface area contributed by atoms with Crippen molar-refractivity contribution in [2.45, 2.75) is 18.2 Å². The predicted molar refractivity (Wildman–Crippen MR) is 117 cm³/mol. The predicted octanol–water partition coefficient (Wildman–Crippen LogP) is 4.68. The first-order chi connectivity index (χ1) is 13.5. The highest BCUT2D eigenvalue weighted by atomic mass is 32.2. The summed E-state index contributed by atoms with van der Waals surface area (Å²) in [5.41, 5.74) is 2.18. The maximum atomic E-state index is 13.1. The van der Waals surface area contributed by atoms with Gasteiger partial charge in [0.25, 0.3) is 0 Å². The molecule has 0 saturated heterocycles. The fourth-order valence-corrected chi connectivity index (χ4v) is 4.61. The third-order valence-electron chi connectivity index (χ3n) is 4.35. The van der Waals surface area contributed by atoms with Gasteiger partial charge in [-0.05, 0) is 56.4 Å². The molecule has 0 saturated carbocycles. The Bertz CT molecular complexity index is 940. The third-order valence-corrected chi connectivity index (χ3v) is 6.39. The Morgan fingerprint density at radius 1 is 1.14 bits per heavy atom. The van der Waals surface area contributed by atoms with E-state index in [1.807, 2.05) is 20.2 Å². The van der Waals surface area contributed by atoms with Crippen LogP contribution in [-0.2, 0) is 11.2 Å². The fraction of sp³-hybridized carbons (Fsp3) is 0.333. The molecule has 0 unspecified atom stereocenters. The van der Waals surface area contributed by atoms with Crippen LogP contribution >= 0.6 is 23.1 Å². The molecule has 2 aromatic carbocycles. The van der Waals surface area contributed by atoms with Gasteiger partial charge in [0, 0.05) is 18.0 Å². The number of nitrogens with zero attached hydrogens (tertiary/aromatic N) is 3. The molecule has 148 valence electrons. The van der Waals surface area contributed by atoms with E-state index in [-0.39, 0.29) is 17.5 Å². The molecule has 1 amide bonds. The lowest BCUT2D eigenvalue weighted by Gasteiger charge is -2.21. The molecule has 1 aromatic heterocycles. The molecular formula is C21H24FN3OS2. The standard InChI is InChI=1S/C21H24FN3OS2/c1-4-15-6-5-7-18-20(15)23-21(28-18)25(13-12-24(2)3)19(26)14-27-17-10-8-16(22)9-11-17/h5-11H,4,12-14H2,1-3H3. The molecule has 3 rings (SSSR count).